The largest absolute Gasteiger partial charge is 0.392 e. The van der Waals surface area contributed by atoms with Gasteiger partial charge in [0.05, 0.1) is 19.5 Å². The summed E-state index contributed by atoms with van der Waals surface area (Å²) in [5.74, 6) is 0. The molecule has 17 heavy (non-hydrogen) atoms. The zero-order chi connectivity index (χ0) is 12.3. The third kappa shape index (κ3) is 2.79. The van der Waals surface area contributed by atoms with Crippen LogP contribution in [0.15, 0.2) is 41.5 Å². The van der Waals surface area contributed by atoms with E-state index in [2.05, 4.69) is 4.98 Å². The second-order valence-corrected chi connectivity index (χ2v) is 3.97. The molecule has 0 atom stereocenters. The van der Waals surface area contributed by atoms with Crippen molar-refractivity contribution in [1.82, 2.24) is 9.55 Å². The molecule has 2 rings (SSSR count). The fourth-order valence-corrected chi connectivity index (χ4v) is 1.58. The smallest absolute Gasteiger partial charge is 0.253 e. The number of aliphatic hydroxyl groups excluding tert-OH is 1. The van der Waals surface area contributed by atoms with E-state index >= 15 is 0 Å². The van der Waals surface area contributed by atoms with Crippen molar-refractivity contribution in [3.63, 3.8) is 0 Å². The Morgan fingerprint density at radius 3 is 2.47 bits per heavy atom. The summed E-state index contributed by atoms with van der Waals surface area (Å²) in [5.41, 5.74) is 2.55. The van der Waals surface area contributed by atoms with E-state index in [1.165, 1.54) is 6.07 Å². The highest BCUT2D eigenvalue weighted by Gasteiger charge is 1.99. The van der Waals surface area contributed by atoms with E-state index in [-0.39, 0.29) is 12.2 Å². The monoisotopic (exact) mass is 230 g/mol. The van der Waals surface area contributed by atoms with Crippen molar-refractivity contribution in [1.29, 1.82) is 0 Å². The maximum Gasteiger partial charge on any atom is 0.253 e. The van der Waals surface area contributed by atoms with Crippen molar-refractivity contribution in [3.8, 4) is 0 Å². The van der Waals surface area contributed by atoms with Gasteiger partial charge in [0.25, 0.3) is 5.56 Å². The first-order valence-electron chi connectivity index (χ1n) is 5.41. The normalized spacial score (nSPS) is 10.5. The van der Waals surface area contributed by atoms with Crippen LogP contribution in [-0.4, -0.2) is 14.7 Å². The van der Waals surface area contributed by atoms with Crippen LogP contribution in [0, 0.1) is 6.92 Å². The Bertz CT molecular complexity index is 558. The van der Waals surface area contributed by atoms with Crippen molar-refractivity contribution >= 4 is 0 Å². The van der Waals surface area contributed by atoms with E-state index in [1.54, 1.807) is 17.8 Å². The Balaban J connectivity index is 2.22. The highest BCUT2D eigenvalue weighted by atomic mass is 16.3. The number of nitrogens with zero attached hydrogens (tertiary/aromatic N) is 2. The molecule has 4 nitrogen and oxygen atoms in total. The van der Waals surface area contributed by atoms with Crippen LogP contribution in [0.3, 0.4) is 0 Å². The Kier molecular flexibility index (Phi) is 3.35. The van der Waals surface area contributed by atoms with Crippen LogP contribution >= 0.6 is 0 Å². The van der Waals surface area contributed by atoms with Gasteiger partial charge in [0.1, 0.15) is 0 Å². The number of rotatable bonds is 3. The molecule has 1 aromatic heterocycles. The first kappa shape index (κ1) is 11.5. The number of benzene rings is 1. The van der Waals surface area contributed by atoms with Gasteiger partial charge in [0, 0.05) is 11.8 Å². The predicted molar refractivity (Wildman–Crippen MR) is 64.7 cm³/mol. The van der Waals surface area contributed by atoms with Gasteiger partial charge < -0.3 is 5.11 Å². The molecule has 0 aliphatic carbocycles. The zero-order valence-corrected chi connectivity index (χ0v) is 9.63. The molecule has 0 bridgehead atoms. The fraction of sp³-hybridized carbons (Fsp3) is 0.231. The maximum atomic E-state index is 11.7. The molecule has 0 radical (unpaired) electrons. The van der Waals surface area contributed by atoms with Gasteiger partial charge >= 0.3 is 0 Å². The summed E-state index contributed by atoms with van der Waals surface area (Å²) < 4.78 is 1.56. The molecule has 0 aliphatic heterocycles. The molecule has 0 fully saturated rings. The summed E-state index contributed by atoms with van der Waals surface area (Å²) in [5, 5.41) is 8.93. The molecule has 88 valence electrons. The topological polar surface area (TPSA) is 55.1 Å². The van der Waals surface area contributed by atoms with Crippen LogP contribution in [0.25, 0.3) is 0 Å². The molecule has 0 unspecified atom stereocenters. The van der Waals surface area contributed by atoms with Gasteiger partial charge in [0.2, 0.25) is 0 Å². The number of aliphatic hydroxyl groups is 1. The minimum absolute atomic E-state index is 0.0340. The lowest BCUT2D eigenvalue weighted by atomic mass is 10.1. The Morgan fingerprint density at radius 1 is 1.24 bits per heavy atom. The summed E-state index contributed by atoms with van der Waals surface area (Å²) in [4.78, 5) is 15.7. The van der Waals surface area contributed by atoms with Gasteiger partial charge in [-0.1, -0.05) is 24.3 Å². The van der Waals surface area contributed by atoms with Gasteiger partial charge in [-0.25, -0.2) is 4.98 Å². The van der Waals surface area contributed by atoms with E-state index < -0.39 is 0 Å². The van der Waals surface area contributed by atoms with Crippen LogP contribution in [-0.2, 0) is 13.2 Å². The number of hydrogen-bond donors (Lipinski definition) is 1. The molecule has 1 N–H and O–H groups in total. The van der Waals surface area contributed by atoms with Gasteiger partial charge in [-0.15, -0.1) is 0 Å². The van der Waals surface area contributed by atoms with E-state index in [4.69, 9.17) is 5.11 Å². The van der Waals surface area contributed by atoms with Crippen molar-refractivity contribution in [2.24, 2.45) is 0 Å². The first-order valence-corrected chi connectivity index (χ1v) is 5.41. The molecule has 0 amide bonds. The molecule has 1 aromatic carbocycles. The fourth-order valence-electron chi connectivity index (χ4n) is 1.58. The molecule has 0 saturated heterocycles. The van der Waals surface area contributed by atoms with Gasteiger partial charge in [-0.2, -0.15) is 0 Å². The molecule has 0 saturated carbocycles. The van der Waals surface area contributed by atoms with E-state index in [1.807, 2.05) is 24.3 Å². The van der Waals surface area contributed by atoms with Crippen LogP contribution in [0.1, 0.15) is 16.8 Å². The maximum absolute atomic E-state index is 11.7. The van der Waals surface area contributed by atoms with Crippen molar-refractivity contribution in [2.45, 2.75) is 20.1 Å². The van der Waals surface area contributed by atoms with E-state index in [9.17, 15) is 4.79 Å². The summed E-state index contributed by atoms with van der Waals surface area (Å²) >= 11 is 0. The van der Waals surface area contributed by atoms with Gasteiger partial charge in [-0.05, 0) is 18.1 Å². The minimum Gasteiger partial charge on any atom is -0.392 e. The average molecular weight is 230 g/mol. The predicted octanol–water partition coefficient (Wildman–Crippen LogP) is 1.09. The van der Waals surface area contributed by atoms with Crippen molar-refractivity contribution < 1.29 is 5.11 Å². The minimum atomic E-state index is -0.0521. The second-order valence-electron chi connectivity index (χ2n) is 3.97. The van der Waals surface area contributed by atoms with Crippen LogP contribution < -0.4 is 5.56 Å². The Labute approximate surface area is 99.2 Å². The summed E-state index contributed by atoms with van der Waals surface area (Å²) in [6.45, 7) is 2.33. The molecular weight excluding hydrogens is 216 g/mol. The molecule has 0 aliphatic rings. The second kappa shape index (κ2) is 4.93. The summed E-state index contributed by atoms with van der Waals surface area (Å²) in [7, 11) is 0. The third-order valence-corrected chi connectivity index (χ3v) is 2.57. The Hall–Kier alpha value is -1.94. The van der Waals surface area contributed by atoms with Gasteiger partial charge in [0.15, 0.2) is 0 Å². The lowest BCUT2D eigenvalue weighted by Gasteiger charge is -2.06. The molecule has 2 aromatic rings. The van der Waals surface area contributed by atoms with Crippen LogP contribution in [0.4, 0.5) is 0 Å². The van der Waals surface area contributed by atoms with Crippen LogP contribution in [0.2, 0.25) is 0 Å². The summed E-state index contributed by atoms with van der Waals surface area (Å²) in [6, 6.07) is 9.02. The average Bonchev–Trinajstić information content (AvgIpc) is 2.34. The lowest BCUT2D eigenvalue weighted by Crippen LogP contribution is -2.20. The highest BCUT2D eigenvalue weighted by Crippen LogP contribution is 2.05. The quantitative estimate of drug-likeness (QED) is 0.858. The molecule has 4 heteroatoms. The van der Waals surface area contributed by atoms with E-state index in [0.29, 0.717) is 6.54 Å². The molecule has 1 heterocycles. The highest BCUT2D eigenvalue weighted by molar-refractivity contribution is 5.22. The summed E-state index contributed by atoms with van der Waals surface area (Å²) in [6.07, 6.45) is 1.55. The van der Waals surface area contributed by atoms with Crippen molar-refractivity contribution in [2.75, 3.05) is 0 Å². The van der Waals surface area contributed by atoms with Crippen molar-refractivity contribution in [3.05, 3.63) is 63.8 Å². The number of aryl methyl sites for hydroxylation is 1. The SMILES string of the molecule is Cc1cc(=O)n(Cc2ccc(CO)cc2)cn1. The first-order chi connectivity index (χ1) is 8.19. The molecule has 0 spiro atoms. The van der Waals surface area contributed by atoms with Gasteiger partial charge in [-0.3, -0.25) is 9.36 Å². The van der Waals surface area contributed by atoms with E-state index in [0.717, 1.165) is 16.8 Å². The standard InChI is InChI=1S/C13H14N2O2/c1-10-6-13(17)15(9-14-10)7-11-2-4-12(8-16)5-3-11/h2-6,9,16H,7-8H2,1H3. The number of aromatic nitrogens is 2. The third-order valence-electron chi connectivity index (χ3n) is 2.57. The molecular formula is C13H14N2O2. The van der Waals surface area contributed by atoms with Crippen LogP contribution in [0.5, 0.6) is 0 Å². The lowest BCUT2D eigenvalue weighted by molar-refractivity contribution is 0.282. The zero-order valence-electron chi connectivity index (χ0n) is 9.63. The number of hydrogen-bond acceptors (Lipinski definition) is 3. The Morgan fingerprint density at radius 2 is 1.88 bits per heavy atom.